The molecule has 1 atom stereocenters. The van der Waals surface area contributed by atoms with Crippen LogP contribution in [0, 0.1) is 0 Å². The number of hydrogen-bond acceptors (Lipinski definition) is 3. The molecule has 1 unspecified atom stereocenters. The molecule has 1 fully saturated rings. The van der Waals surface area contributed by atoms with Gasteiger partial charge in [0, 0.05) is 39.3 Å². The van der Waals surface area contributed by atoms with Crippen LogP contribution in [0.25, 0.3) is 0 Å². The quantitative estimate of drug-likeness (QED) is 0.622. The summed E-state index contributed by atoms with van der Waals surface area (Å²) in [4.78, 5) is 2.44. The fourth-order valence-corrected chi connectivity index (χ4v) is 1.44. The van der Waals surface area contributed by atoms with E-state index in [1.165, 1.54) is 0 Å². The van der Waals surface area contributed by atoms with Crippen molar-refractivity contribution in [3.05, 3.63) is 0 Å². The SMILES string of the molecule is COCCN1CCNC(C)C1. The van der Waals surface area contributed by atoms with Gasteiger partial charge < -0.3 is 10.1 Å². The first-order valence-corrected chi connectivity index (χ1v) is 4.27. The van der Waals surface area contributed by atoms with E-state index in [1.54, 1.807) is 7.11 Å². The minimum absolute atomic E-state index is 0.639. The Kier molecular flexibility index (Phi) is 3.83. The van der Waals surface area contributed by atoms with Crippen molar-refractivity contribution in [2.45, 2.75) is 13.0 Å². The zero-order chi connectivity index (χ0) is 8.10. The van der Waals surface area contributed by atoms with Gasteiger partial charge in [-0.1, -0.05) is 0 Å². The van der Waals surface area contributed by atoms with E-state index < -0.39 is 0 Å². The minimum Gasteiger partial charge on any atom is -0.383 e. The zero-order valence-corrected chi connectivity index (χ0v) is 7.47. The van der Waals surface area contributed by atoms with Crippen LogP contribution in [0.2, 0.25) is 0 Å². The molecule has 3 heteroatoms. The molecule has 1 heterocycles. The van der Waals surface area contributed by atoms with E-state index in [0.717, 1.165) is 32.8 Å². The maximum absolute atomic E-state index is 5.02. The molecular formula is C8H18N2O. The molecule has 0 aliphatic carbocycles. The van der Waals surface area contributed by atoms with E-state index in [0.29, 0.717) is 6.04 Å². The van der Waals surface area contributed by atoms with Crippen LogP contribution in [-0.2, 0) is 4.74 Å². The Hall–Kier alpha value is -0.120. The lowest BCUT2D eigenvalue weighted by Gasteiger charge is -2.31. The van der Waals surface area contributed by atoms with Gasteiger partial charge in [-0.2, -0.15) is 0 Å². The fourth-order valence-electron chi connectivity index (χ4n) is 1.44. The van der Waals surface area contributed by atoms with Crippen molar-refractivity contribution in [1.82, 2.24) is 10.2 Å². The van der Waals surface area contributed by atoms with Gasteiger partial charge in [0.2, 0.25) is 0 Å². The molecule has 0 spiro atoms. The van der Waals surface area contributed by atoms with Crippen molar-refractivity contribution in [3.8, 4) is 0 Å². The van der Waals surface area contributed by atoms with Gasteiger partial charge in [-0.3, -0.25) is 4.90 Å². The molecule has 66 valence electrons. The largest absolute Gasteiger partial charge is 0.383 e. The molecule has 0 amide bonds. The Balaban J connectivity index is 2.12. The molecule has 0 aromatic carbocycles. The van der Waals surface area contributed by atoms with Crippen LogP contribution in [0.15, 0.2) is 0 Å². The van der Waals surface area contributed by atoms with E-state index in [9.17, 15) is 0 Å². The van der Waals surface area contributed by atoms with Gasteiger partial charge >= 0.3 is 0 Å². The van der Waals surface area contributed by atoms with Crippen LogP contribution >= 0.6 is 0 Å². The number of rotatable bonds is 3. The van der Waals surface area contributed by atoms with Gasteiger partial charge in [0.1, 0.15) is 0 Å². The first-order valence-electron chi connectivity index (χ1n) is 4.27. The van der Waals surface area contributed by atoms with Crippen molar-refractivity contribution in [1.29, 1.82) is 0 Å². The minimum atomic E-state index is 0.639. The van der Waals surface area contributed by atoms with Crippen LogP contribution in [0.3, 0.4) is 0 Å². The molecule has 1 rings (SSSR count). The average molecular weight is 158 g/mol. The molecule has 0 bridgehead atoms. The van der Waals surface area contributed by atoms with Crippen LogP contribution in [0.5, 0.6) is 0 Å². The van der Waals surface area contributed by atoms with Gasteiger partial charge in [0.15, 0.2) is 0 Å². The fraction of sp³-hybridized carbons (Fsp3) is 1.00. The highest BCUT2D eigenvalue weighted by atomic mass is 16.5. The second-order valence-electron chi connectivity index (χ2n) is 3.15. The lowest BCUT2D eigenvalue weighted by molar-refractivity contribution is 0.129. The topological polar surface area (TPSA) is 24.5 Å². The molecule has 0 radical (unpaired) electrons. The van der Waals surface area contributed by atoms with Gasteiger partial charge in [0.05, 0.1) is 6.61 Å². The lowest BCUT2D eigenvalue weighted by Crippen LogP contribution is -2.49. The third-order valence-electron chi connectivity index (χ3n) is 2.06. The summed E-state index contributed by atoms with van der Waals surface area (Å²) in [7, 11) is 1.76. The van der Waals surface area contributed by atoms with E-state index in [4.69, 9.17) is 4.74 Å². The van der Waals surface area contributed by atoms with Gasteiger partial charge in [0.25, 0.3) is 0 Å². The third-order valence-corrected chi connectivity index (χ3v) is 2.06. The molecule has 1 aliphatic rings. The average Bonchev–Trinajstić information content (AvgIpc) is 2.01. The van der Waals surface area contributed by atoms with Crippen LogP contribution in [0.4, 0.5) is 0 Å². The second kappa shape index (κ2) is 4.70. The monoisotopic (exact) mass is 158 g/mol. The summed E-state index contributed by atoms with van der Waals surface area (Å²) in [5, 5.41) is 3.41. The lowest BCUT2D eigenvalue weighted by atomic mass is 10.2. The summed E-state index contributed by atoms with van der Waals surface area (Å²) >= 11 is 0. The Labute approximate surface area is 68.7 Å². The number of piperazine rings is 1. The summed E-state index contributed by atoms with van der Waals surface area (Å²) in [5.74, 6) is 0. The van der Waals surface area contributed by atoms with Crippen molar-refractivity contribution in [2.24, 2.45) is 0 Å². The van der Waals surface area contributed by atoms with Crippen molar-refractivity contribution in [2.75, 3.05) is 39.9 Å². The summed E-state index contributed by atoms with van der Waals surface area (Å²) in [6, 6.07) is 0.639. The third kappa shape index (κ3) is 3.18. The first kappa shape index (κ1) is 8.97. The summed E-state index contributed by atoms with van der Waals surface area (Å²) < 4.78 is 5.02. The number of hydrogen-bond donors (Lipinski definition) is 1. The molecule has 0 saturated carbocycles. The Morgan fingerprint density at radius 1 is 1.64 bits per heavy atom. The van der Waals surface area contributed by atoms with Gasteiger partial charge in [-0.05, 0) is 6.92 Å². The standard InChI is InChI=1S/C8H18N2O/c1-8-7-10(4-3-9-8)5-6-11-2/h8-9H,3-7H2,1-2H3. The van der Waals surface area contributed by atoms with E-state index in [1.807, 2.05) is 0 Å². The molecule has 3 nitrogen and oxygen atoms in total. The van der Waals surface area contributed by atoms with Gasteiger partial charge in [-0.25, -0.2) is 0 Å². The van der Waals surface area contributed by atoms with Gasteiger partial charge in [-0.15, -0.1) is 0 Å². The van der Waals surface area contributed by atoms with Crippen LogP contribution in [-0.4, -0.2) is 50.8 Å². The van der Waals surface area contributed by atoms with E-state index in [-0.39, 0.29) is 0 Å². The Bertz CT molecular complexity index is 108. The number of ether oxygens (including phenoxy) is 1. The smallest absolute Gasteiger partial charge is 0.0589 e. The molecule has 1 N–H and O–H groups in total. The number of methoxy groups -OCH3 is 1. The molecule has 0 aromatic heterocycles. The maximum Gasteiger partial charge on any atom is 0.0589 e. The first-order chi connectivity index (χ1) is 5.33. The summed E-state index contributed by atoms with van der Waals surface area (Å²) in [6.07, 6.45) is 0. The predicted molar refractivity (Wildman–Crippen MR) is 45.8 cm³/mol. The normalized spacial score (nSPS) is 27.3. The number of nitrogens with one attached hydrogen (secondary N) is 1. The van der Waals surface area contributed by atoms with Crippen LogP contribution in [0.1, 0.15) is 6.92 Å². The highest BCUT2D eigenvalue weighted by Crippen LogP contribution is 1.96. The van der Waals surface area contributed by atoms with Crippen molar-refractivity contribution >= 4 is 0 Å². The maximum atomic E-state index is 5.02. The second-order valence-corrected chi connectivity index (χ2v) is 3.15. The highest BCUT2D eigenvalue weighted by Gasteiger charge is 2.13. The zero-order valence-electron chi connectivity index (χ0n) is 7.47. The molecule has 1 aliphatic heterocycles. The summed E-state index contributed by atoms with van der Waals surface area (Å²) in [5.41, 5.74) is 0. The Morgan fingerprint density at radius 3 is 3.09 bits per heavy atom. The van der Waals surface area contributed by atoms with E-state index >= 15 is 0 Å². The highest BCUT2D eigenvalue weighted by molar-refractivity contribution is 4.74. The van der Waals surface area contributed by atoms with E-state index in [2.05, 4.69) is 17.1 Å². The molecule has 11 heavy (non-hydrogen) atoms. The van der Waals surface area contributed by atoms with Crippen LogP contribution < -0.4 is 5.32 Å². The summed E-state index contributed by atoms with van der Waals surface area (Å²) in [6.45, 7) is 7.58. The predicted octanol–water partition coefficient (Wildman–Crippen LogP) is -0.0735. The van der Waals surface area contributed by atoms with Crippen molar-refractivity contribution in [3.63, 3.8) is 0 Å². The Morgan fingerprint density at radius 2 is 2.45 bits per heavy atom. The number of nitrogens with zero attached hydrogens (tertiary/aromatic N) is 1. The molecule has 0 aromatic rings. The molecule has 1 saturated heterocycles. The van der Waals surface area contributed by atoms with Crippen molar-refractivity contribution < 1.29 is 4.74 Å². The molecular weight excluding hydrogens is 140 g/mol.